The van der Waals surface area contributed by atoms with Crippen LogP contribution in [0, 0.1) is 0 Å². The summed E-state index contributed by atoms with van der Waals surface area (Å²) >= 11 is 1.42. The molecule has 0 spiro atoms. The average molecular weight is 288 g/mol. The second-order valence-corrected chi connectivity index (χ2v) is 5.83. The molecule has 0 saturated carbocycles. The largest absolute Gasteiger partial charge is 0.478 e. The van der Waals surface area contributed by atoms with Gasteiger partial charge in [0.15, 0.2) is 0 Å². The molecule has 1 heterocycles. The van der Waals surface area contributed by atoms with Crippen LogP contribution in [0.3, 0.4) is 0 Å². The molecule has 0 fully saturated rings. The minimum absolute atomic E-state index is 0.0845. The average Bonchev–Trinajstić information content (AvgIpc) is 2.41. The minimum Gasteiger partial charge on any atom is -0.478 e. The van der Waals surface area contributed by atoms with Gasteiger partial charge in [0.05, 0.1) is 17.4 Å². The van der Waals surface area contributed by atoms with Crippen molar-refractivity contribution in [2.24, 2.45) is 0 Å². The molecule has 0 radical (unpaired) electrons. The van der Waals surface area contributed by atoms with Crippen molar-refractivity contribution in [2.75, 3.05) is 5.73 Å². The predicted octanol–water partition coefficient (Wildman–Crippen LogP) is 3.64. The fraction of sp³-hybridized carbons (Fsp3) is 0.200. The molecule has 3 N–H and O–H groups in total. The van der Waals surface area contributed by atoms with Gasteiger partial charge in [-0.3, -0.25) is 0 Å². The molecule has 0 aliphatic carbocycles. The van der Waals surface area contributed by atoms with Gasteiger partial charge in [0, 0.05) is 4.90 Å². The van der Waals surface area contributed by atoms with Crippen molar-refractivity contribution in [1.29, 1.82) is 0 Å². The van der Waals surface area contributed by atoms with Gasteiger partial charge in [0.1, 0.15) is 5.03 Å². The third kappa shape index (κ3) is 3.30. The number of hydrogen-bond donors (Lipinski definition) is 2. The highest BCUT2D eigenvalue weighted by Crippen LogP contribution is 2.29. The molecule has 0 amide bonds. The molecular weight excluding hydrogens is 272 g/mol. The Morgan fingerprint density at radius 2 is 1.95 bits per heavy atom. The highest BCUT2D eigenvalue weighted by molar-refractivity contribution is 7.99. The van der Waals surface area contributed by atoms with Crippen LogP contribution in [0.25, 0.3) is 0 Å². The van der Waals surface area contributed by atoms with Crippen LogP contribution in [0.15, 0.2) is 46.5 Å². The molecule has 104 valence electrons. The number of anilines is 1. The highest BCUT2D eigenvalue weighted by atomic mass is 32.2. The number of benzene rings is 1. The number of nitrogen functional groups attached to an aromatic ring is 1. The van der Waals surface area contributed by atoms with Crippen LogP contribution in [0.5, 0.6) is 0 Å². The first-order valence-corrected chi connectivity index (χ1v) is 7.05. The molecule has 0 unspecified atom stereocenters. The Morgan fingerprint density at radius 1 is 1.30 bits per heavy atom. The quantitative estimate of drug-likeness (QED) is 0.898. The predicted molar refractivity (Wildman–Crippen MR) is 80.3 cm³/mol. The number of hydrogen-bond acceptors (Lipinski definition) is 4. The van der Waals surface area contributed by atoms with Crippen LogP contribution in [-0.2, 0) is 0 Å². The van der Waals surface area contributed by atoms with Crippen molar-refractivity contribution in [3.05, 3.63) is 47.7 Å². The zero-order valence-corrected chi connectivity index (χ0v) is 12.1. The number of carbonyl (C=O) groups is 1. The SMILES string of the molecule is CC(C)c1ccc(Sc2cc(C(=O)O)c(N)cn2)cc1. The first kappa shape index (κ1) is 14.4. The fourth-order valence-electron chi connectivity index (χ4n) is 1.73. The summed E-state index contributed by atoms with van der Waals surface area (Å²) in [7, 11) is 0. The lowest BCUT2D eigenvalue weighted by molar-refractivity contribution is 0.0697. The summed E-state index contributed by atoms with van der Waals surface area (Å²) in [5, 5.41) is 9.66. The van der Waals surface area contributed by atoms with E-state index in [2.05, 4.69) is 31.0 Å². The van der Waals surface area contributed by atoms with Gasteiger partial charge in [0.25, 0.3) is 0 Å². The topological polar surface area (TPSA) is 76.2 Å². The smallest absolute Gasteiger partial charge is 0.337 e. The molecular formula is C15H16N2O2S. The van der Waals surface area contributed by atoms with Crippen LogP contribution in [-0.4, -0.2) is 16.1 Å². The van der Waals surface area contributed by atoms with Gasteiger partial charge in [-0.2, -0.15) is 0 Å². The van der Waals surface area contributed by atoms with E-state index in [9.17, 15) is 4.79 Å². The summed E-state index contributed by atoms with van der Waals surface area (Å²) in [6, 6.07) is 9.67. The number of aromatic carboxylic acids is 1. The maximum Gasteiger partial charge on any atom is 0.337 e. The molecule has 4 nitrogen and oxygen atoms in total. The third-order valence-electron chi connectivity index (χ3n) is 2.91. The molecule has 20 heavy (non-hydrogen) atoms. The van der Waals surface area contributed by atoms with Crippen LogP contribution < -0.4 is 5.73 Å². The summed E-state index contributed by atoms with van der Waals surface area (Å²) in [5.41, 5.74) is 7.12. The van der Waals surface area contributed by atoms with Crippen molar-refractivity contribution in [3.8, 4) is 0 Å². The van der Waals surface area contributed by atoms with Crippen molar-refractivity contribution >= 4 is 23.4 Å². The zero-order chi connectivity index (χ0) is 14.7. The number of aromatic nitrogens is 1. The first-order chi connectivity index (χ1) is 9.47. The zero-order valence-electron chi connectivity index (χ0n) is 11.3. The second-order valence-electron chi connectivity index (χ2n) is 4.74. The monoisotopic (exact) mass is 288 g/mol. The molecule has 0 bridgehead atoms. The third-order valence-corrected chi connectivity index (χ3v) is 3.85. The Morgan fingerprint density at radius 3 is 2.50 bits per heavy atom. The summed E-state index contributed by atoms with van der Waals surface area (Å²) in [4.78, 5) is 16.2. The number of carboxylic acid groups (broad SMARTS) is 1. The maximum absolute atomic E-state index is 11.0. The molecule has 2 aromatic rings. The van der Waals surface area contributed by atoms with E-state index in [1.165, 1.54) is 29.6 Å². The van der Waals surface area contributed by atoms with E-state index in [-0.39, 0.29) is 11.3 Å². The highest BCUT2D eigenvalue weighted by Gasteiger charge is 2.10. The number of pyridine rings is 1. The van der Waals surface area contributed by atoms with Gasteiger partial charge in [-0.05, 0) is 29.7 Å². The summed E-state index contributed by atoms with van der Waals surface area (Å²) < 4.78 is 0. The van der Waals surface area contributed by atoms with Gasteiger partial charge < -0.3 is 10.8 Å². The molecule has 5 heteroatoms. The van der Waals surface area contributed by atoms with E-state index in [4.69, 9.17) is 10.8 Å². The van der Waals surface area contributed by atoms with E-state index in [1.807, 2.05) is 12.1 Å². The number of nitrogens with two attached hydrogens (primary N) is 1. The Kier molecular flexibility index (Phi) is 4.29. The maximum atomic E-state index is 11.0. The van der Waals surface area contributed by atoms with E-state index in [0.29, 0.717) is 10.9 Å². The molecule has 0 aliphatic heterocycles. The van der Waals surface area contributed by atoms with Gasteiger partial charge in [-0.15, -0.1) is 0 Å². The van der Waals surface area contributed by atoms with E-state index >= 15 is 0 Å². The molecule has 2 rings (SSSR count). The van der Waals surface area contributed by atoms with E-state index < -0.39 is 5.97 Å². The van der Waals surface area contributed by atoms with E-state index in [1.54, 1.807) is 0 Å². The fourth-order valence-corrected chi connectivity index (χ4v) is 2.53. The summed E-state index contributed by atoms with van der Waals surface area (Å²) in [6.07, 6.45) is 1.38. The Balaban J connectivity index is 2.21. The summed E-state index contributed by atoms with van der Waals surface area (Å²) in [5.74, 6) is -0.552. The Hall–Kier alpha value is -2.01. The lowest BCUT2D eigenvalue weighted by Gasteiger charge is -2.07. The lowest BCUT2D eigenvalue weighted by atomic mass is 10.0. The van der Waals surface area contributed by atoms with E-state index in [0.717, 1.165) is 4.90 Å². The standard InChI is InChI=1S/C15H16N2O2S/c1-9(2)10-3-5-11(6-4-10)20-14-7-12(15(18)19)13(16)8-17-14/h3-9H,16H2,1-2H3,(H,18,19). The Bertz CT molecular complexity index is 624. The normalized spacial score (nSPS) is 10.8. The molecule has 1 aromatic heterocycles. The molecule has 0 atom stereocenters. The summed E-state index contributed by atoms with van der Waals surface area (Å²) in [6.45, 7) is 4.28. The van der Waals surface area contributed by atoms with Gasteiger partial charge in [0.2, 0.25) is 0 Å². The van der Waals surface area contributed by atoms with Crippen molar-refractivity contribution in [2.45, 2.75) is 29.7 Å². The van der Waals surface area contributed by atoms with Crippen LogP contribution in [0.1, 0.15) is 35.7 Å². The second kappa shape index (κ2) is 5.96. The number of nitrogens with zero attached hydrogens (tertiary/aromatic N) is 1. The minimum atomic E-state index is -1.04. The Labute approximate surface area is 122 Å². The van der Waals surface area contributed by atoms with Crippen LogP contribution in [0.2, 0.25) is 0 Å². The number of rotatable bonds is 4. The molecule has 1 aromatic carbocycles. The van der Waals surface area contributed by atoms with Crippen molar-refractivity contribution < 1.29 is 9.90 Å². The van der Waals surface area contributed by atoms with Gasteiger partial charge in [-0.25, -0.2) is 9.78 Å². The lowest BCUT2D eigenvalue weighted by Crippen LogP contribution is -2.03. The van der Waals surface area contributed by atoms with Crippen LogP contribution >= 0.6 is 11.8 Å². The van der Waals surface area contributed by atoms with Gasteiger partial charge >= 0.3 is 5.97 Å². The first-order valence-electron chi connectivity index (χ1n) is 6.24. The van der Waals surface area contributed by atoms with Crippen molar-refractivity contribution in [3.63, 3.8) is 0 Å². The molecule has 0 aliphatic rings. The van der Waals surface area contributed by atoms with Crippen LogP contribution in [0.4, 0.5) is 5.69 Å². The number of carboxylic acids is 1. The van der Waals surface area contributed by atoms with Crippen molar-refractivity contribution in [1.82, 2.24) is 4.98 Å². The van der Waals surface area contributed by atoms with Gasteiger partial charge in [-0.1, -0.05) is 37.7 Å². The molecule has 0 saturated heterocycles.